The van der Waals surface area contributed by atoms with Crippen molar-refractivity contribution in [2.45, 2.75) is 26.3 Å². The molecule has 4 heteroatoms. The molecule has 3 N–H and O–H groups in total. The highest BCUT2D eigenvalue weighted by Gasteiger charge is 2.21. The highest BCUT2D eigenvalue weighted by Crippen LogP contribution is 2.16. The number of rotatable bonds is 3. The highest BCUT2D eigenvalue weighted by atomic mass is 16.2. The highest BCUT2D eigenvalue weighted by molar-refractivity contribution is 5.93. The van der Waals surface area contributed by atoms with Gasteiger partial charge in [-0.05, 0) is 37.5 Å². The van der Waals surface area contributed by atoms with Crippen molar-refractivity contribution < 1.29 is 4.79 Å². The molecule has 0 aliphatic carbocycles. The maximum absolute atomic E-state index is 11.9. The lowest BCUT2D eigenvalue weighted by Gasteiger charge is -2.15. The molecule has 2 rings (SSSR count). The summed E-state index contributed by atoms with van der Waals surface area (Å²) in [5.41, 5.74) is 8.97. The molecule has 1 unspecified atom stereocenters. The van der Waals surface area contributed by atoms with Gasteiger partial charge in [0.2, 0.25) is 5.91 Å². The summed E-state index contributed by atoms with van der Waals surface area (Å²) in [6.07, 6.45) is 0.983. The van der Waals surface area contributed by atoms with Crippen molar-refractivity contribution >= 4 is 11.6 Å². The third-order valence-corrected chi connectivity index (χ3v) is 3.34. The maximum atomic E-state index is 11.9. The van der Waals surface area contributed by atoms with Crippen molar-refractivity contribution in [1.82, 2.24) is 4.90 Å². The summed E-state index contributed by atoms with van der Waals surface area (Å²) < 4.78 is 0. The monoisotopic (exact) mass is 247 g/mol. The van der Waals surface area contributed by atoms with Crippen LogP contribution in [0.25, 0.3) is 0 Å². The van der Waals surface area contributed by atoms with E-state index in [1.165, 1.54) is 0 Å². The van der Waals surface area contributed by atoms with Gasteiger partial charge in [-0.3, -0.25) is 9.69 Å². The number of anilines is 1. The summed E-state index contributed by atoms with van der Waals surface area (Å²) in [4.78, 5) is 14.0. The lowest BCUT2D eigenvalue weighted by atomic mass is 10.1. The van der Waals surface area contributed by atoms with Crippen molar-refractivity contribution in [3.8, 4) is 0 Å². The second-order valence-electron chi connectivity index (χ2n) is 5.15. The Morgan fingerprint density at radius 2 is 2.28 bits per heavy atom. The summed E-state index contributed by atoms with van der Waals surface area (Å²) >= 11 is 0. The Hall–Kier alpha value is -1.39. The van der Waals surface area contributed by atoms with E-state index in [1.807, 2.05) is 32.0 Å². The van der Waals surface area contributed by atoms with Crippen LogP contribution in [0, 0.1) is 13.8 Å². The number of carbonyl (C=O) groups is 1. The van der Waals surface area contributed by atoms with Gasteiger partial charge in [0, 0.05) is 24.8 Å². The summed E-state index contributed by atoms with van der Waals surface area (Å²) in [5.74, 6) is 0.0396. The van der Waals surface area contributed by atoms with Gasteiger partial charge in [-0.15, -0.1) is 0 Å². The first-order valence-corrected chi connectivity index (χ1v) is 6.39. The van der Waals surface area contributed by atoms with Crippen LogP contribution in [-0.2, 0) is 4.79 Å². The van der Waals surface area contributed by atoms with E-state index >= 15 is 0 Å². The number of nitrogens with two attached hydrogens (primary N) is 1. The lowest BCUT2D eigenvalue weighted by molar-refractivity contribution is -0.117. The number of nitrogens with zero attached hydrogens (tertiary/aromatic N) is 1. The smallest absolute Gasteiger partial charge is 0.238 e. The SMILES string of the molecule is Cc1ccc(C)c(NC(=O)CN2CCC(N)C2)c1. The number of aryl methyl sites for hydroxylation is 2. The van der Waals surface area contributed by atoms with Crippen LogP contribution in [-0.4, -0.2) is 36.5 Å². The van der Waals surface area contributed by atoms with Crippen LogP contribution in [0.5, 0.6) is 0 Å². The number of nitrogens with one attached hydrogen (secondary N) is 1. The minimum atomic E-state index is 0.0396. The number of hydrogen-bond acceptors (Lipinski definition) is 3. The molecule has 18 heavy (non-hydrogen) atoms. The van der Waals surface area contributed by atoms with Gasteiger partial charge >= 0.3 is 0 Å². The fraction of sp³-hybridized carbons (Fsp3) is 0.500. The van der Waals surface area contributed by atoms with Crippen molar-refractivity contribution in [2.24, 2.45) is 5.73 Å². The quantitative estimate of drug-likeness (QED) is 0.846. The van der Waals surface area contributed by atoms with Crippen molar-refractivity contribution in [2.75, 3.05) is 25.0 Å². The zero-order valence-electron chi connectivity index (χ0n) is 11.1. The largest absolute Gasteiger partial charge is 0.326 e. The van der Waals surface area contributed by atoms with Gasteiger partial charge in [0.25, 0.3) is 0 Å². The summed E-state index contributed by atoms with van der Waals surface area (Å²) in [5, 5.41) is 2.97. The molecule has 98 valence electrons. The Morgan fingerprint density at radius 1 is 1.50 bits per heavy atom. The van der Waals surface area contributed by atoms with Gasteiger partial charge in [-0.2, -0.15) is 0 Å². The van der Waals surface area contributed by atoms with Gasteiger partial charge in [-0.25, -0.2) is 0 Å². The minimum absolute atomic E-state index is 0.0396. The van der Waals surface area contributed by atoms with Gasteiger partial charge in [0.05, 0.1) is 6.54 Å². The van der Waals surface area contributed by atoms with E-state index in [2.05, 4.69) is 10.2 Å². The van der Waals surface area contributed by atoms with Crippen LogP contribution in [0.4, 0.5) is 5.69 Å². The summed E-state index contributed by atoms with van der Waals surface area (Å²) in [6.45, 7) is 6.19. The molecule has 0 spiro atoms. The minimum Gasteiger partial charge on any atom is -0.326 e. The molecule has 1 aliphatic heterocycles. The van der Waals surface area contributed by atoms with Crippen LogP contribution < -0.4 is 11.1 Å². The van der Waals surface area contributed by atoms with Gasteiger partial charge in [-0.1, -0.05) is 12.1 Å². The van der Waals surface area contributed by atoms with Crippen molar-refractivity contribution in [1.29, 1.82) is 0 Å². The van der Waals surface area contributed by atoms with Crippen molar-refractivity contribution in [3.63, 3.8) is 0 Å². The lowest BCUT2D eigenvalue weighted by Crippen LogP contribution is -2.33. The third-order valence-electron chi connectivity index (χ3n) is 3.34. The molecular weight excluding hydrogens is 226 g/mol. The fourth-order valence-corrected chi connectivity index (χ4v) is 2.27. The van der Waals surface area contributed by atoms with Crippen LogP contribution in [0.15, 0.2) is 18.2 Å². The average molecular weight is 247 g/mol. The molecule has 0 aromatic heterocycles. The van der Waals surface area contributed by atoms with E-state index in [0.29, 0.717) is 6.54 Å². The number of likely N-dealkylation sites (tertiary alicyclic amines) is 1. The number of carbonyl (C=O) groups excluding carboxylic acids is 1. The average Bonchev–Trinajstić information content (AvgIpc) is 2.69. The molecule has 1 aromatic carbocycles. The zero-order chi connectivity index (χ0) is 13.1. The van der Waals surface area contributed by atoms with Gasteiger partial charge in [0.15, 0.2) is 0 Å². The fourth-order valence-electron chi connectivity index (χ4n) is 2.27. The maximum Gasteiger partial charge on any atom is 0.238 e. The Bertz CT molecular complexity index is 445. The standard InChI is InChI=1S/C14H21N3O/c1-10-3-4-11(2)13(7-10)16-14(18)9-17-6-5-12(15)8-17/h3-4,7,12H,5-6,8-9,15H2,1-2H3,(H,16,18). The van der Waals surface area contributed by atoms with Crippen LogP contribution in [0.2, 0.25) is 0 Å². The Balaban J connectivity index is 1.92. The molecule has 1 amide bonds. The van der Waals surface area contributed by atoms with Gasteiger partial charge in [0.1, 0.15) is 0 Å². The van der Waals surface area contributed by atoms with E-state index in [9.17, 15) is 4.79 Å². The second-order valence-corrected chi connectivity index (χ2v) is 5.15. The van der Waals surface area contributed by atoms with E-state index in [1.54, 1.807) is 0 Å². The molecule has 0 saturated carbocycles. The van der Waals surface area contributed by atoms with Crippen LogP contribution in [0.1, 0.15) is 17.5 Å². The molecule has 4 nitrogen and oxygen atoms in total. The molecular formula is C14H21N3O. The third kappa shape index (κ3) is 3.31. The van der Waals surface area contributed by atoms with E-state index in [4.69, 9.17) is 5.73 Å². The molecule has 0 radical (unpaired) electrons. The molecule has 1 aliphatic rings. The Labute approximate surface area is 108 Å². The second kappa shape index (κ2) is 5.50. The van der Waals surface area contributed by atoms with Crippen LogP contribution in [0.3, 0.4) is 0 Å². The van der Waals surface area contributed by atoms with E-state index in [0.717, 1.165) is 36.3 Å². The molecule has 0 bridgehead atoms. The Morgan fingerprint density at radius 3 is 2.94 bits per heavy atom. The van der Waals surface area contributed by atoms with Gasteiger partial charge < -0.3 is 11.1 Å². The number of hydrogen-bond donors (Lipinski definition) is 2. The van der Waals surface area contributed by atoms with Crippen molar-refractivity contribution in [3.05, 3.63) is 29.3 Å². The molecule has 1 fully saturated rings. The molecule has 1 aromatic rings. The summed E-state index contributed by atoms with van der Waals surface area (Å²) in [6, 6.07) is 6.29. The molecule has 1 saturated heterocycles. The first-order chi connectivity index (χ1) is 8.54. The molecule has 1 heterocycles. The number of benzene rings is 1. The molecule has 1 atom stereocenters. The zero-order valence-corrected chi connectivity index (χ0v) is 11.1. The first-order valence-electron chi connectivity index (χ1n) is 6.39. The predicted octanol–water partition coefficient (Wildman–Crippen LogP) is 1.27. The normalized spacial score (nSPS) is 20.1. The number of amides is 1. The predicted molar refractivity (Wildman–Crippen MR) is 73.6 cm³/mol. The topological polar surface area (TPSA) is 58.4 Å². The van der Waals surface area contributed by atoms with Crippen LogP contribution >= 0.6 is 0 Å². The van der Waals surface area contributed by atoms with E-state index in [-0.39, 0.29) is 11.9 Å². The van der Waals surface area contributed by atoms with E-state index < -0.39 is 0 Å². The summed E-state index contributed by atoms with van der Waals surface area (Å²) in [7, 11) is 0. The Kier molecular flexibility index (Phi) is 3.99. The first kappa shape index (κ1) is 13.1.